The molecule has 0 bridgehead atoms. The number of hydrogen-bond donors (Lipinski definition) is 0. The Morgan fingerprint density at radius 2 is 1.95 bits per heavy atom. The lowest BCUT2D eigenvalue weighted by atomic mass is 10.0. The molecule has 1 aliphatic heterocycles. The minimum absolute atomic E-state index is 0.188. The van der Waals surface area contributed by atoms with E-state index < -0.39 is 9.84 Å². The van der Waals surface area contributed by atoms with Gasteiger partial charge in [-0.25, -0.2) is 18.4 Å². The molecule has 0 aromatic carbocycles. The minimum Gasteiger partial charge on any atom is -0.341 e. The highest BCUT2D eigenvalue weighted by molar-refractivity contribution is 7.90. The maximum atomic E-state index is 11.4. The van der Waals surface area contributed by atoms with E-state index in [9.17, 15) is 8.42 Å². The van der Waals surface area contributed by atoms with Gasteiger partial charge in [-0.05, 0) is 38.7 Å². The summed E-state index contributed by atoms with van der Waals surface area (Å²) in [5.74, 6) is 1.18. The van der Waals surface area contributed by atoms with Crippen LogP contribution >= 0.6 is 0 Å². The van der Waals surface area contributed by atoms with Gasteiger partial charge in [0.2, 0.25) is 5.95 Å². The van der Waals surface area contributed by atoms with Crippen LogP contribution in [0.15, 0.2) is 6.07 Å². The first-order chi connectivity index (χ1) is 8.83. The van der Waals surface area contributed by atoms with Crippen molar-refractivity contribution in [1.29, 1.82) is 0 Å². The van der Waals surface area contributed by atoms with Crippen molar-refractivity contribution in [2.45, 2.75) is 26.7 Å². The number of rotatable bonds is 3. The Hall–Kier alpha value is -1.17. The molecule has 5 nitrogen and oxygen atoms in total. The van der Waals surface area contributed by atoms with E-state index in [0.29, 0.717) is 0 Å². The van der Waals surface area contributed by atoms with Crippen molar-refractivity contribution in [2.24, 2.45) is 5.92 Å². The number of aryl methyl sites for hydroxylation is 2. The molecule has 0 saturated carbocycles. The van der Waals surface area contributed by atoms with E-state index in [2.05, 4.69) is 14.9 Å². The third-order valence-electron chi connectivity index (χ3n) is 3.31. The molecule has 0 N–H and O–H groups in total. The first-order valence-corrected chi connectivity index (χ1v) is 8.64. The molecule has 0 aliphatic carbocycles. The lowest BCUT2D eigenvalue weighted by Gasteiger charge is -2.32. The largest absolute Gasteiger partial charge is 0.341 e. The SMILES string of the molecule is Cc1cc(C)nc(N2CCCC(CS(C)(=O)=O)C2)n1. The fourth-order valence-corrected chi connectivity index (χ4v) is 3.79. The quantitative estimate of drug-likeness (QED) is 0.838. The normalized spacial score (nSPS) is 20.6. The zero-order chi connectivity index (χ0) is 14.0. The van der Waals surface area contributed by atoms with Gasteiger partial charge in [-0.15, -0.1) is 0 Å². The van der Waals surface area contributed by atoms with Crippen molar-refractivity contribution in [2.75, 3.05) is 30.0 Å². The van der Waals surface area contributed by atoms with Crippen molar-refractivity contribution in [3.05, 3.63) is 17.5 Å². The summed E-state index contributed by atoms with van der Waals surface area (Å²) in [6, 6.07) is 1.95. The Balaban J connectivity index is 2.12. The zero-order valence-electron chi connectivity index (χ0n) is 11.8. The molecule has 1 aromatic rings. The third-order valence-corrected chi connectivity index (χ3v) is 4.39. The van der Waals surface area contributed by atoms with Crippen molar-refractivity contribution < 1.29 is 8.42 Å². The van der Waals surface area contributed by atoms with Gasteiger partial charge >= 0.3 is 0 Å². The summed E-state index contributed by atoms with van der Waals surface area (Å²) in [4.78, 5) is 11.0. The maximum absolute atomic E-state index is 11.4. The first-order valence-electron chi connectivity index (χ1n) is 6.58. The van der Waals surface area contributed by atoms with Crippen molar-refractivity contribution in [3.63, 3.8) is 0 Å². The molecular formula is C13H21N3O2S. The van der Waals surface area contributed by atoms with Gasteiger partial charge in [0.1, 0.15) is 9.84 Å². The molecule has 1 unspecified atom stereocenters. The average molecular weight is 283 g/mol. The number of aromatic nitrogens is 2. The Morgan fingerprint density at radius 1 is 1.32 bits per heavy atom. The summed E-state index contributed by atoms with van der Waals surface area (Å²) in [5, 5.41) is 0. The minimum atomic E-state index is -2.91. The van der Waals surface area contributed by atoms with Gasteiger partial charge in [0.25, 0.3) is 0 Å². The molecule has 1 aliphatic rings. The number of nitrogens with zero attached hydrogens (tertiary/aromatic N) is 3. The summed E-state index contributed by atoms with van der Waals surface area (Å²) in [6.45, 7) is 5.55. The second-order valence-electron chi connectivity index (χ2n) is 5.50. The van der Waals surface area contributed by atoms with E-state index >= 15 is 0 Å². The first kappa shape index (κ1) is 14.2. The van der Waals surface area contributed by atoms with Crippen molar-refractivity contribution >= 4 is 15.8 Å². The standard InChI is InChI=1S/C13H21N3O2S/c1-10-7-11(2)15-13(14-10)16-6-4-5-12(8-16)9-19(3,17)18/h7,12H,4-6,8-9H2,1-3H3. The summed E-state index contributed by atoms with van der Waals surface area (Å²) in [6.07, 6.45) is 3.27. The molecule has 0 spiro atoms. The van der Waals surface area contributed by atoms with E-state index in [1.165, 1.54) is 6.26 Å². The van der Waals surface area contributed by atoms with Crippen LogP contribution in [0.1, 0.15) is 24.2 Å². The number of sulfone groups is 1. The molecule has 2 rings (SSSR count). The van der Waals surface area contributed by atoms with Gasteiger partial charge in [-0.1, -0.05) is 0 Å². The van der Waals surface area contributed by atoms with Gasteiger partial charge in [-0.2, -0.15) is 0 Å². The Kier molecular flexibility index (Phi) is 4.08. The van der Waals surface area contributed by atoms with Gasteiger partial charge in [0.05, 0.1) is 5.75 Å². The number of piperidine rings is 1. The van der Waals surface area contributed by atoms with Crippen LogP contribution in [-0.2, 0) is 9.84 Å². The topological polar surface area (TPSA) is 63.2 Å². The highest BCUT2D eigenvalue weighted by atomic mass is 32.2. The number of anilines is 1. The van der Waals surface area contributed by atoms with Crippen LogP contribution in [0.2, 0.25) is 0 Å². The smallest absolute Gasteiger partial charge is 0.225 e. The fourth-order valence-electron chi connectivity index (χ4n) is 2.66. The maximum Gasteiger partial charge on any atom is 0.225 e. The summed E-state index contributed by atoms with van der Waals surface area (Å²) >= 11 is 0. The van der Waals surface area contributed by atoms with Gasteiger partial charge < -0.3 is 4.90 Å². The van der Waals surface area contributed by atoms with Crippen LogP contribution in [0.4, 0.5) is 5.95 Å². The van der Waals surface area contributed by atoms with E-state index in [1.54, 1.807) is 0 Å². The number of hydrogen-bond acceptors (Lipinski definition) is 5. The Bertz CT molecular complexity index is 537. The van der Waals surface area contributed by atoms with Gasteiger partial charge in [0.15, 0.2) is 0 Å². The molecule has 106 valence electrons. The zero-order valence-corrected chi connectivity index (χ0v) is 12.6. The van der Waals surface area contributed by atoms with Crippen molar-refractivity contribution in [3.8, 4) is 0 Å². The molecule has 1 saturated heterocycles. The lowest BCUT2D eigenvalue weighted by molar-refractivity contribution is 0.439. The van der Waals surface area contributed by atoms with Gasteiger partial charge in [-0.3, -0.25) is 0 Å². The summed E-state index contributed by atoms with van der Waals surface area (Å²) in [7, 11) is -2.91. The molecule has 1 fully saturated rings. The second-order valence-corrected chi connectivity index (χ2v) is 7.68. The highest BCUT2D eigenvalue weighted by Gasteiger charge is 2.24. The summed E-state index contributed by atoms with van der Waals surface area (Å²) in [5.41, 5.74) is 1.90. The van der Waals surface area contributed by atoms with Crippen LogP contribution < -0.4 is 4.90 Å². The highest BCUT2D eigenvalue weighted by Crippen LogP contribution is 2.22. The van der Waals surface area contributed by atoms with Crippen LogP contribution in [-0.4, -0.2) is 43.5 Å². The second kappa shape index (κ2) is 5.45. The fraction of sp³-hybridized carbons (Fsp3) is 0.692. The predicted octanol–water partition coefficient (Wildman–Crippen LogP) is 1.35. The molecule has 2 heterocycles. The van der Waals surface area contributed by atoms with Crippen LogP contribution in [0.5, 0.6) is 0 Å². The molecule has 6 heteroatoms. The van der Waals surface area contributed by atoms with E-state index in [0.717, 1.165) is 43.3 Å². The van der Waals surface area contributed by atoms with Crippen molar-refractivity contribution in [1.82, 2.24) is 9.97 Å². The Labute approximate surface area is 115 Å². The Morgan fingerprint density at radius 3 is 2.53 bits per heavy atom. The average Bonchev–Trinajstić information content (AvgIpc) is 2.25. The van der Waals surface area contributed by atoms with E-state index in [-0.39, 0.29) is 11.7 Å². The molecular weight excluding hydrogens is 262 g/mol. The third kappa shape index (κ3) is 4.16. The predicted molar refractivity (Wildman–Crippen MR) is 76.2 cm³/mol. The van der Waals surface area contributed by atoms with E-state index in [4.69, 9.17) is 0 Å². The molecule has 1 aromatic heterocycles. The van der Waals surface area contributed by atoms with Crippen LogP contribution in [0, 0.1) is 19.8 Å². The summed E-state index contributed by atoms with van der Waals surface area (Å²) < 4.78 is 22.8. The monoisotopic (exact) mass is 283 g/mol. The molecule has 19 heavy (non-hydrogen) atoms. The van der Waals surface area contributed by atoms with Crippen LogP contribution in [0.3, 0.4) is 0 Å². The van der Waals surface area contributed by atoms with Crippen LogP contribution in [0.25, 0.3) is 0 Å². The van der Waals surface area contributed by atoms with E-state index in [1.807, 2.05) is 19.9 Å². The molecule has 1 atom stereocenters. The molecule has 0 radical (unpaired) electrons. The van der Waals surface area contributed by atoms with Gasteiger partial charge in [0, 0.05) is 30.7 Å². The molecule has 0 amide bonds. The lowest BCUT2D eigenvalue weighted by Crippen LogP contribution is -2.39.